The minimum absolute atomic E-state index is 0.804. The van der Waals surface area contributed by atoms with Crippen LogP contribution in [0.4, 0.5) is 0 Å². The van der Waals surface area contributed by atoms with E-state index < -0.39 is 0 Å². The van der Waals surface area contributed by atoms with Gasteiger partial charge in [0.05, 0.1) is 0 Å². The lowest BCUT2D eigenvalue weighted by atomic mass is 10.1. The van der Waals surface area contributed by atoms with Gasteiger partial charge in [-0.3, -0.25) is 0 Å². The summed E-state index contributed by atoms with van der Waals surface area (Å²) in [6.07, 6.45) is 1.05. The molecular formula is C17H20BrNO. The van der Waals surface area contributed by atoms with E-state index in [0.29, 0.717) is 0 Å². The Hall–Kier alpha value is -1.32. The van der Waals surface area contributed by atoms with Crippen molar-refractivity contribution in [2.75, 3.05) is 6.54 Å². The van der Waals surface area contributed by atoms with Gasteiger partial charge in [0.1, 0.15) is 11.5 Å². The Morgan fingerprint density at radius 2 is 1.80 bits per heavy atom. The number of ether oxygens (including phenoxy) is 1. The highest BCUT2D eigenvalue weighted by atomic mass is 79.9. The number of rotatable bonds is 6. The summed E-state index contributed by atoms with van der Waals surface area (Å²) in [6, 6.07) is 14.4. The van der Waals surface area contributed by atoms with Crippen LogP contribution in [-0.2, 0) is 13.0 Å². The molecule has 2 nitrogen and oxygen atoms in total. The van der Waals surface area contributed by atoms with E-state index in [2.05, 4.69) is 53.3 Å². The topological polar surface area (TPSA) is 21.3 Å². The SMILES string of the molecule is CCNCc1cc(Br)ccc1Oc1ccc(CC)cc1. The third kappa shape index (κ3) is 4.09. The van der Waals surface area contributed by atoms with Gasteiger partial charge in [-0.05, 0) is 48.9 Å². The highest BCUT2D eigenvalue weighted by Crippen LogP contribution is 2.28. The van der Waals surface area contributed by atoms with Crippen LogP contribution in [0.15, 0.2) is 46.9 Å². The summed E-state index contributed by atoms with van der Waals surface area (Å²) in [5, 5.41) is 3.34. The Morgan fingerprint density at radius 1 is 1.05 bits per heavy atom. The van der Waals surface area contributed by atoms with Gasteiger partial charge in [0.25, 0.3) is 0 Å². The molecule has 0 aliphatic rings. The number of nitrogens with one attached hydrogen (secondary N) is 1. The number of hydrogen-bond acceptors (Lipinski definition) is 2. The van der Waals surface area contributed by atoms with Crippen molar-refractivity contribution in [2.24, 2.45) is 0 Å². The predicted octanol–water partition coefficient (Wildman–Crippen LogP) is 4.91. The number of hydrogen-bond donors (Lipinski definition) is 1. The van der Waals surface area contributed by atoms with Crippen molar-refractivity contribution < 1.29 is 4.74 Å². The van der Waals surface area contributed by atoms with Gasteiger partial charge >= 0.3 is 0 Å². The van der Waals surface area contributed by atoms with Gasteiger partial charge in [0.2, 0.25) is 0 Å². The molecule has 0 radical (unpaired) electrons. The van der Waals surface area contributed by atoms with Crippen LogP contribution in [0.5, 0.6) is 11.5 Å². The van der Waals surface area contributed by atoms with Gasteiger partial charge in [0.15, 0.2) is 0 Å². The Bertz CT molecular complexity index is 551. The largest absolute Gasteiger partial charge is 0.457 e. The van der Waals surface area contributed by atoms with Crippen LogP contribution in [-0.4, -0.2) is 6.54 Å². The Balaban J connectivity index is 2.18. The summed E-state index contributed by atoms with van der Waals surface area (Å²) in [4.78, 5) is 0. The average molecular weight is 334 g/mol. The molecule has 1 N–H and O–H groups in total. The fraction of sp³-hybridized carbons (Fsp3) is 0.294. The Labute approximate surface area is 129 Å². The highest BCUT2D eigenvalue weighted by molar-refractivity contribution is 9.10. The zero-order chi connectivity index (χ0) is 14.4. The molecule has 0 aliphatic carbocycles. The van der Waals surface area contributed by atoms with E-state index in [1.54, 1.807) is 0 Å². The average Bonchev–Trinajstić information content (AvgIpc) is 2.48. The van der Waals surface area contributed by atoms with Gasteiger partial charge in [0, 0.05) is 16.6 Å². The highest BCUT2D eigenvalue weighted by Gasteiger charge is 2.06. The molecule has 0 atom stereocenters. The smallest absolute Gasteiger partial charge is 0.131 e. The van der Waals surface area contributed by atoms with Crippen molar-refractivity contribution in [3.05, 3.63) is 58.1 Å². The molecule has 0 saturated heterocycles. The van der Waals surface area contributed by atoms with E-state index in [1.165, 1.54) is 5.56 Å². The monoisotopic (exact) mass is 333 g/mol. The van der Waals surface area contributed by atoms with Crippen LogP contribution >= 0.6 is 15.9 Å². The fourth-order valence-electron chi connectivity index (χ4n) is 1.97. The van der Waals surface area contributed by atoms with Crippen LogP contribution in [0.25, 0.3) is 0 Å². The first kappa shape index (κ1) is 15.1. The normalized spacial score (nSPS) is 10.6. The maximum Gasteiger partial charge on any atom is 0.131 e. The molecule has 2 aromatic rings. The zero-order valence-corrected chi connectivity index (χ0v) is 13.5. The van der Waals surface area contributed by atoms with Gasteiger partial charge in [-0.1, -0.05) is 41.9 Å². The van der Waals surface area contributed by atoms with Crippen molar-refractivity contribution in [3.63, 3.8) is 0 Å². The summed E-state index contributed by atoms with van der Waals surface area (Å²) < 4.78 is 7.07. The van der Waals surface area contributed by atoms with Crippen LogP contribution in [0, 0.1) is 0 Å². The molecule has 0 heterocycles. The maximum absolute atomic E-state index is 6.00. The number of aryl methyl sites for hydroxylation is 1. The van der Waals surface area contributed by atoms with E-state index in [1.807, 2.05) is 24.3 Å². The lowest BCUT2D eigenvalue weighted by Crippen LogP contribution is -2.12. The standard InChI is InChI=1S/C17H20BrNO/c1-3-13-5-8-16(9-6-13)20-17-10-7-15(18)11-14(17)12-19-4-2/h5-11,19H,3-4,12H2,1-2H3. The van der Waals surface area contributed by atoms with Crippen LogP contribution in [0.2, 0.25) is 0 Å². The number of halogens is 1. The van der Waals surface area contributed by atoms with Gasteiger partial charge in [-0.25, -0.2) is 0 Å². The van der Waals surface area contributed by atoms with Gasteiger partial charge < -0.3 is 10.1 Å². The summed E-state index contributed by atoms with van der Waals surface area (Å²) in [5.41, 5.74) is 2.47. The molecule has 0 fully saturated rings. The second kappa shape index (κ2) is 7.46. The summed E-state index contributed by atoms with van der Waals surface area (Å²) in [7, 11) is 0. The van der Waals surface area contributed by atoms with Crippen molar-refractivity contribution in [2.45, 2.75) is 26.8 Å². The molecule has 0 unspecified atom stereocenters. The molecule has 20 heavy (non-hydrogen) atoms. The zero-order valence-electron chi connectivity index (χ0n) is 11.9. The van der Waals surface area contributed by atoms with Gasteiger partial charge in [-0.15, -0.1) is 0 Å². The first-order chi connectivity index (χ1) is 9.72. The lowest BCUT2D eigenvalue weighted by molar-refractivity contribution is 0.473. The van der Waals surface area contributed by atoms with E-state index in [0.717, 1.165) is 41.0 Å². The fourth-order valence-corrected chi connectivity index (χ4v) is 2.37. The molecule has 0 amide bonds. The third-order valence-electron chi connectivity index (χ3n) is 3.15. The van der Waals surface area contributed by atoms with E-state index in [-0.39, 0.29) is 0 Å². The minimum Gasteiger partial charge on any atom is -0.457 e. The van der Waals surface area contributed by atoms with E-state index in [4.69, 9.17) is 4.74 Å². The van der Waals surface area contributed by atoms with Crippen molar-refractivity contribution in [1.82, 2.24) is 5.32 Å². The summed E-state index contributed by atoms with van der Waals surface area (Å²) >= 11 is 3.51. The van der Waals surface area contributed by atoms with Crippen LogP contribution in [0.3, 0.4) is 0 Å². The molecule has 106 valence electrons. The Kier molecular flexibility index (Phi) is 5.62. The molecule has 2 rings (SSSR count). The Morgan fingerprint density at radius 3 is 2.45 bits per heavy atom. The summed E-state index contributed by atoms with van der Waals surface area (Å²) in [5.74, 6) is 1.78. The van der Waals surface area contributed by atoms with Crippen LogP contribution < -0.4 is 10.1 Å². The number of benzene rings is 2. The second-order valence-electron chi connectivity index (χ2n) is 4.63. The molecule has 0 bridgehead atoms. The molecule has 2 aromatic carbocycles. The molecule has 0 aromatic heterocycles. The van der Waals surface area contributed by atoms with Crippen molar-refractivity contribution >= 4 is 15.9 Å². The second-order valence-corrected chi connectivity index (χ2v) is 5.55. The molecule has 3 heteroatoms. The maximum atomic E-state index is 6.00. The molecule has 0 saturated carbocycles. The van der Waals surface area contributed by atoms with Crippen LogP contribution in [0.1, 0.15) is 25.0 Å². The quantitative estimate of drug-likeness (QED) is 0.810. The molecule has 0 spiro atoms. The predicted molar refractivity (Wildman–Crippen MR) is 87.4 cm³/mol. The third-order valence-corrected chi connectivity index (χ3v) is 3.64. The van der Waals surface area contributed by atoms with Crippen molar-refractivity contribution in [1.29, 1.82) is 0 Å². The molecule has 0 aliphatic heterocycles. The van der Waals surface area contributed by atoms with E-state index in [9.17, 15) is 0 Å². The van der Waals surface area contributed by atoms with E-state index >= 15 is 0 Å². The first-order valence-corrected chi connectivity index (χ1v) is 7.78. The first-order valence-electron chi connectivity index (χ1n) is 6.99. The molecular weight excluding hydrogens is 314 g/mol. The van der Waals surface area contributed by atoms with Gasteiger partial charge in [-0.2, -0.15) is 0 Å². The lowest BCUT2D eigenvalue weighted by Gasteiger charge is -2.12. The van der Waals surface area contributed by atoms with Crippen molar-refractivity contribution in [3.8, 4) is 11.5 Å². The summed E-state index contributed by atoms with van der Waals surface area (Å²) in [6.45, 7) is 6.00. The minimum atomic E-state index is 0.804.